The van der Waals surface area contributed by atoms with Crippen molar-refractivity contribution in [2.45, 2.75) is 45.1 Å². The Balaban J connectivity index is 1.75. The number of methoxy groups -OCH3 is 1. The third kappa shape index (κ3) is 4.74. The minimum atomic E-state index is -0.0990. The summed E-state index contributed by atoms with van der Waals surface area (Å²) < 4.78 is 10.2. The molecule has 1 unspecified atom stereocenters. The van der Waals surface area contributed by atoms with Crippen LogP contribution < -0.4 is 10.1 Å². The van der Waals surface area contributed by atoms with Crippen LogP contribution in [-0.2, 0) is 22.4 Å². The van der Waals surface area contributed by atoms with Gasteiger partial charge in [0.25, 0.3) is 0 Å². The smallest absolute Gasteiger partial charge is 0.305 e. The number of carbonyl (C=O) groups is 1. The fourth-order valence-electron chi connectivity index (χ4n) is 2.81. The SMILES string of the molecule is CCOC(=O)CCCNC1CCc2ccc(OC)cc2C1. The quantitative estimate of drug-likeness (QED) is 0.619. The maximum Gasteiger partial charge on any atom is 0.305 e. The number of carbonyl (C=O) groups excluding carboxylic acids is 1. The average Bonchev–Trinajstić information content (AvgIpc) is 2.51. The van der Waals surface area contributed by atoms with E-state index in [4.69, 9.17) is 9.47 Å². The van der Waals surface area contributed by atoms with Gasteiger partial charge in [0, 0.05) is 12.5 Å². The molecule has 0 heterocycles. The molecule has 1 aromatic rings. The van der Waals surface area contributed by atoms with Gasteiger partial charge in [-0.3, -0.25) is 4.79 Å². The Hall–Kier alpha value is -1.55. The molecule has 1 aliphatic rings. The van der Waals surface area contributed by atoms with Crippen molar-refractivity contribution in [1.82, 2.24) is 5.32 Å². The van der Waals surface area contributed by atoms with E-state index in [9.17, 15) is 4.79 Å². The minimum absolute atomic E-state index is 0.0990. The van der Waals surface area contributed by atoms with Gasteiger partial charge in [-0.1, -0.05) is 6.07 Å². The molecule has 0 saturated carbocycles. The van der Waals surface area contributed by atoms with Crippen LogP contribution in [0.5, 0.6) is 5.75 Å². The van der Waals surface area contributed by atoms with Gasteiger partial charge in [0.05, 0.1) is 13.7 Å². The van der Waals surface area contributed by atoms with Gasteiger partial charge in [-0.25, -0.2) is 0 Å². The summed E-state index contributed by atoms with van der Waals surface area (Å²) in [4.78, 5) is 11.3. The zero-order valence-corrected chi connectivity index (χ0v) is 13.0. The maximum absolute atomic E-state index is 11.3. The molecule has 0 aliphatic heterocycles. The van der Waals surface area contributed by atoms with Crippen molar-refractivity contribution in [3.8, 4) is 5.75 Å². The Bertz CT molecular complexity index is 473. The molecule has 0 bridgehead atoms. The molecule has 1 aromatic carbocycles. The predicted octanol–water partition coefficient (Wildman–Crippen LogP) is 2.49. The maximum atomic E-state index is 11.3. The van der Waals surface area contributed by atoms with Gasteiger partial charge in [0.15, 0.2) is 0 Å². The van der Waals surface area contributed by atoms with Crippen LogP contribution in [0.25, 0.3) is 0 Å². The summed E-state index contributed by atoms with van der Waals surface area (Å²) in [6, 6.07) is 6.84. The van der Waals surface area contributed by atoms with Crippen molar-refractivity contribution in [3.63, 3.8) is 0 Å². The first-order valence-corrected chi connectivity index (χ1v) is 7.77. The van der Waals surface area contributed by atoms with Crippen LogP contribution in [0.15, 0.2) is 18.2 Å². The van der Waals surface area contributed by atoms with Crippen molar-refractivity contribution in [3.05, 3.63) is 29.3 Å². The van der Waals surface area contributed by atoms with Crippen molar-refractivity contribution in [2.24, 2.45) is 0 Å². The van der Waals surface area contributed by atoms with E-state index >= 15 is 0 Å². The van der Waals surface area contributed by atoms with Gasteiger partial charge in [-0.15, -0.1) is 0 Å². The highest BCUT2D eigenvalue weighted by Crippen LogP contribution is 2.25. The van der Waals surface area contributed by atoms with E-state index < -0.39 is 0 Å². The summed E-state index contributed by atoms with van der Waals surface area (Å²) >= 11 is 0. The molecule has 4 heteroatoms. The first-order chi connectivity index (χ1) is 10.2. The lowest BCUT2D eigenvalue weighted by atomic mass is 9.88. The van der Waals surface area contributed by atoms with Crippen LogP contribution in [0.3, 0.4) is 0 Å². The Labute approximate surface area is 126 Å². The summed E-state index contributed by atoms with van der Waals surface area (Å²) in [7, 11) is 1.70. The van der Waals surface area contributed by atoms with Crippen LogP contribution >= 0.6 is 0 Å². The lowest BCUT2D eigenvalue weighted by molar-refractivity contribution is -0.143. The number of hydrogen-bond acceptors (Lipinski definition) is 4. The fourth-order valence-corrected chi connectivity index (χ4v) is 2.81. The first kappa shape index (κ1) is 15.8. The molecule has 1 aliphatic carbocycles. The van der Waals surface area contributed by atoms with Gasteiger partial charge >= 0.3 is 5.97 Å². The number of benzene rings is 1. The number of ether oxygens (including phenoxy) is 2. The molecular weight excluding hydrogens is 266 g/mol. The van der Waals surface area contributed by atoms with Crippen LogP contribution in [0.1, 0.15) is 37.3 Å². The molecule has 116 valence electrons. The largest absolute Gasteiger partial charge is 0.497 e. The summed E-state index contributed by atoms with van der Waals surface area (Å²) in [5.74, 6) is 0.828. The van der Waals surface area contributed by atoms with E-state index in [0.29, 0.717) is 19.1 Å². The number of fused-ring (bicyclic) bond motifs is 1. The lowest BCUT2D eigenvalue weighted by Gasteiger charge is -2.26. The van der Waals surface area contributed by atoms with Crippen LogP contribution in [0.2, 0.25) is 0 Å². The summed E-state index contributed by atoms with van der Waals surface area (Å²) in [5, 5.41) is 3.55. The van der Waals surface area contributed by atoms with E-state index in [1.54, 1.807) is 7.11 Å². The highest BCUT2D eigenvalue weighted by molar-refractivity contribution is 5.69. The van der Waals surface area contributed by atoms with E-state index in [1.807, 2.05) is 13.0 Å². The molecule has 2 rings (SSSR count). The van der Waals surface area contributed by atoms with Crippen molar-refractivity contribution < 1.29 is 14.3 Å². The lowest BCUT2D eigenvalue weighted by Crippen LogP contribution is -2.35. The van der Waals surface area contributed by atoms with Gasteiger partial charge < -0.3 is 14.8 Å². The predicted molar refractivity (Wildman–Crippen MR) is 82.7 cm³/mol. The highest BCUT2D eigenvalue weighted by Gasteiger charge is 2.18. The normalized spacial score (nSPS) is 17.1. The van der Waals surface area contributed by atoms with E-state index in [1.165, 1.54) is 11.1 Å². The second-order valence-electron chi connectivity index (χ2n) is 5.44. The Kier molecular flexibility index (Phi) is 6.05. The second-order valence-corrected chi connectivity index (χ2v) is 5.44. The fraction of sp³-hybridized carbons (Fsp3) is 0.588. The van der Waals surface area contributed by atoms with Crippen LogP contribution in [0, 0.1) is 0 Å². The highest BCUT2D eigenvalue weighted by atomic mass is 16.5. The minimum Gasteiger partial charge on any atom is -0.497 e. The van der Waals surface area contributed by atoms with Crippen molar-refractivity contribution in [1.29, 1.82) is 0 Å². The second kappa shape index (κ2) is 8.03. The molecule has 0 spiro atoms. The number of nitrogens with one attached hydrogen (secondary N) is 1. The van der Waals surface area contributed by atoms with Gasteiger partial charge in [-0.2, -0.15) is 0 Å². The van der Waals surface area contributed by atoms with E-state index in [-0.39, 0.29) is 5.97 Å². The molecule has 0 fully saturated rings. The zero-order valence-electron chi connectivity index (χ0n) is 13.0. The van der Waals surface area contributed by atoms with Gasteiger partial charge in [0.2, 0.25) is 0 Å². The standard InChI is InChI=1S/C17H25NO3/c1-3-21-17(19)5-4-10-18-15-8-6-13-7-9-16(20-2)12-14(13)11-15/h7,9,12,15,18H,3-6,8,10-11H2,1-2H3. The van der Waals surface area contributed by atoms with Gasteiger partial charge in [0.1, 0.15) is 5.75 Å². The monoisotopic (exact) mass is 291 g/mol. The molecule has 4 nitrogen and oxygen atoms in total. The van der Waals surface area contributed by atoms with Crippen LogP contribution in [-0.4, -0.2) is 32.3 Å². The third-order valence-electron chi connectivity index (χ3n) is 3.94. The Morgan fingerprint density at radius 1 is 1.38 bits per heavy atom. The van der Waals surface area contributed by atoms with E-state index in [2.05, 4.69) is 17.4 Å². The zero-order chi connectivity index (χ0) is 15.1. The summed E-state index contributed by atoms with van der Waals surface area (Å²) in [5.41, 5.74) is 2.81. The third-order valence-corrected chi connectivity index (χ3v) is 3.94. The number of rotatable bonds is 7. The van der Waals surface area contributed by atoms with Crippen molar-refractivity contribution >= 4 is 5.97 Å². The molecule has 0 aromatic heterocycles. The topological polar surface area (TPSA) is 47.6 Å². The molecule has 0 amide bonds. The molecule has 1 atom stereocenters. The molecule has 1 N–H and O–H groups in total. The molecule has 0 saturated heterocycles. The van der Waals surface area contributed by atoms with Gasteiger partial charge in [-0.05, 0) is 62.4 Å². The average molecular weight is 291 g/mol. The summed E-state index contributed by atoms with van der Waals surface area (Å²) in [6.07, 6.45) is 4.62. The number of hydrogen-bond donors (Lipinski definition) is 1. The van der Waals surface area contributed by atoms with Crippen molar-refractivity contribution in [2.75, 3.05) is 20.3 Å². The number of esters is 1. The number of aryl methyl sites for hydroxylation is 1. The molecule has 21 heavy (non-hydrogen) atoms. The Morgan fingerprint density at radius 2 is 2.24 bits per heavy atom. The molecule has 0 radical (unpaired) electrons. The van der Waals surface area contributed by atoms with E-state index in [0.717, 1.165) is 38.0 Å². The first-order valence-electron chi connectivity index (χ1n) is 7.77. The van der Waals surface area contributed by atoms with Crippen LogP contribution in [0.4, 0.5) is 0 Å². The molecular formula is C17H25NO3. The summed E-state index contributed by atoms with van der Waals surface area (Å²) in [6.45, 7) is 3.17. The Morgan fingerprint density at radius 3 is 3.00 bits per heavy atom.